The van der Waals surface area contributed by atoms with Crippen LogP contribution in [0.2, 0.25) is 0 Å². The molecule has 0 aromatic carbocycles. The van der Waals surface area contributed by atoms with Crippen molar-refractivity contribution < 1.29 is 8.42 Å². The number of H-pyrrole nitrogens is 1. The van der Waals surface area contributed by atoms with Gasteiger partial charge in [-0.1, -0.05) is 26.0 Å². The molecule has 0 aliphatic carbocycles. The summed E-state index contributed by atoms with van der Waals surface area (Å²) in [4.78, 5) is 0. The first-order valence-corrected chi connectivity index (χ1v) is 6.13. The molecule has 1 heterocycles. The molecule has 0 spiro atoms. The van der Waals surface area contributed by atoms with Crippen LogP contribution in [0.5, 0.6) is 0 Å². The van der Waals surface area contributed by atoms with Crippen molar-refractivity contribution in [3.63, 3.8) is 0 Å². The highest BCUT2D eigenvalue weighted by Gasteiger charge is 2.21. The Bertz CT molecular complexity index is 392. The molecule has 86 valence electrons. The third-order valence-corrected chi connectivity index (χ3v) is 3.29. The second kappa shape index (κ2) is 4.23. The average Bonchev–Trinajstić information content (AvgIpc) is 2.47. The van der Waals surface area contributed by atoms with Crippen molar-refractivity contribution in [3.8, 4) is 0 Å². The summed E-state index contributed by atoms with van der Waals surface area (Å²) in [6.45, 7) is 5.65. The van der Waals surface area contributed by atoms with Gasteiger partial charge in [-0.15, -0.1) is 10.2 Å². The van der Waals surface area contributed by atoms with Crippen molar-refractivity contribution in [2.45, 2.75) is 27.3 Å². The number of nitrogens with one attached hydrogen (secondary N) is 2. The van der Waals surface area contributed by atoms with E-state index >= 15 is 0 Å². The lowest BCUT2D eigenvalue weighted by atomic mass is 10.0. The molecule has 0 bridgehead atoms. The minimum Gasteiger partial charge on any atom is -0.212 e. The van der Waals surface area contributed by atoms with Gasteiger partial charge < -0.3 is 0 Å². The monoisotopic (exact) mass is 233 g/mol. The van der Waals surface area contributed by atoms with Crippen molar-refractivity contribution >= 4 is 10.0 Å². The van der Waals surface area contributed by atoms with Gasteiger partial charge in [-0.3, -0.25) is 0 Å². The fourth-order valence-corrected chi connectivity index (χ4v) is 2.64. The number of hydrogen-bond donors (Lipinski definition) is 2. The van der Waals surface area contributed by atoms with E-state index in [-0.39, 0.29) is 17.7 Å². The molecule has 0 aliphatic rings. The summed E-state index contributed by atoms with van der Waals surface area (Å²) in [5.41, 5.74) is -0.275. The molecule has 2 N–H and O–H groups in total. The Morgan fingerprint density at radius 3 is 2.53 bits per heavy atom. The molecular weight excluding hydrogens is 218 g/mol. The molecule has 0 saturated heterocycles. The summed E-state index contributed by atoms with van der Waals surface area (Å²) in [6, 6.07) is 0. The molecule has 0 radical (unpaired) electrons. The van der Waals surface area contributed by atoms with Gasteiger partial charge in [-0.05, 0) is 5.41 Å². The first kappa shape index (κ1) is 12.1. The number of hydrogen-bond acceptors (Lipinski definition) is 5. The molecule has 8 heteroatoms. The zero-order chi connectivity index (χ0) is 11.5. The molecule has 0 aliphatic heterocycles. The lowest BCUT2D eigenvalue weighted by Crippen LogP contribution is -2.32. The fourth-order valence-electron chi connectivity index (χ4n) is 1.05. The number of aromatic amines is 1. The summed E-state index contributed by atoms with van der Waals surface area (Å²) < 4.78 is 25.5. The Morgan fingerprint density at radius 1 is 1.40 bits per heavy atom. The maximum atomic E-state index is 11.5. The number of rotatable bonds is 4. The van der Waals surface area contributed by atoms with E-state index in [1.807, 2.05) is 20.8 Å². The van der Waals surface area contributed by atoms with Crippen molar-refractivity contribution in [3.05, 3.63) is 5.82 Å². The normalized spacial score (nSPS) is 13.0. The predicted octanol–water partition coefficient (Wildman–Crippen LogP) is -0.335. The molecule has 0 saturated carbocycles. The van der Waals surface area contributed by atoms with E-state index in [9.17, 15) is 8.42 Å². The number of nitrogens with zero attached hydrogens (tertiary/aromatic N) is 3. The first-order chi connectivity index (χ1) is 6.79. The van der Waals surface area contributed by atoms with Crippen LogP contribution in [0.3, 0.4) is 0 Å². The van der Waals surface area contributed by atoms with Gasteiger partial charge in [0.1, 0.15) is 0 Å². The number of aromatic nitrogens is 4. The summed E-state index contributed by atoms with van der Waals surface area (Å²) >= 11 is 0. The molecule has 15 heavy (non-hydrogen) atoms. The topological polar surface area (TPSA) is 101 Å². The standard InChI is InChI=1S/C7H15N5O2S/c1-7(2,3)5-15(13,14)8-4-6-9-11-12-10-6/h8H,4-5H2,1-3H3,(H,9,10,11,12). The van der Waals surface area contributed by atoms with Crippen LogP contribution in [0.15, 0.2) is 0 Å². The van der Waals surface area contributed by atoms with Crippen LogP contribution >= 0.6 is 0 Å². The first-order valence-electron chi connectivity index (χ1n) is 4.48. The van der Waals surface area contributed by atoms with E-state index in [1.54, 1.807) is 0 Å². The Kier molecular flexibility index (Phi) is 3.40. The van der Waals surface area contributed by atoms with Gasteiger partial charge in [-0.2, -0.15) is 5.21 Å². The van der Waals surface area contributed by atoms with Crippen LogP contribution in [0.1, 0.15) is 26.6 Å². The molecule has 1 rings (SSSR count). The second-order valence-electron chi connectivity index (χ2n) is 4.47. The highest BCUT2D eigenvalue weighted by molar-refractivity contribution is 7.89. The summed E-state index contributed by atoms with van der Waals surface area (Å²) in [6.07, 6.45) is 0. The highest BCUT2D eigenvalue weighted by atomic mass is 32.2. The Morgan fingerprint density at radius 2 is 2.07 bits per heavy atom. The zero-order valence-electron chi connectivity index (χ0n) is 8.98. The second-order valence-corrected chi connectivity index (χ2v) is 6.28. The van der Waals surface area contributed by atoms with E-state index in [1.165, 1.54) is 0 Å². The van der Waals surface area contributed by atoms with Crippen LogP contribution < -0.4 is 4.72 Å². The fraction of sp³-hybridized carbons (Fsp3) is 0.857. The van der Waals surface area contributed by atoms with E-state index in [0.717, 1.165) is 0 Å². The SMILES string of the molecule is CC(C)(C)CS(=O)(=O)NCc1nn[nH]n1. The number of tetrazole rings is 1. The van der Waals surface area contributed by atoms with Crippen LogP contribution in [0.4, 0.5) is 0 Å². The van der Waals surface area contributed by atoms with Crippen molar-refractivity contribution in [2.24, 2.45) is 5.41 Å². The summed E-state index contributed by atoms with van der Waals surface area (Å²) in [5, 5.41) is 12.9. The van der Waals surface area contributed by atoms with Gasteiger partial charge in [0.25, 0.3) is 0 Å². The molecule has 1 aromatic heterocycles. The van der Waals surface area contributed by atoms with Gasteiger partial charge in [0.05, 0.1) is 12.3 Å². The Hall–Kier alpha value is -1.02. The van der Waals surface area contributed by atoms with Crippen molar-refractivity contribution in [2.75, 3.05) is 5.75 Å². The van der Waals surface area contributed by atoms with Gasteiger partial charge in [-0.25, -0.2) is 13.1 Å². The summed E-state index contributed by atoms with van der Waals surface area (Å²) in [5.74, 6) is 0.394. The zero-order valence-corrected chi connectivity index (χ0v) is 9.80. The smallest absolute Gasteiger partial charge is 0.212 e. The Balaban J connectivity index is 2.51. The lowest BCUT2D eigenvalue weighted by molar-refractivity contribution is 0.457. The minimum absolute atomic E-state index is 0.0644. The van der Waals surface area contributed by atoms with Gasteiger partial charge in [0, 0.05) is 0 Å². The maximum Gasteiger partial charge on any atom is 0.212 e. The molecule has 0 fully saturated rings. The van der Waals surface area contributed by atoms with Gasteiger partial charge >= 0.3 is 0 Å². The molecule has 0 amide bonds. The maximum absolute atomic E-state index is 11.5. The molecule has 7 nitrogen and oxygen atoms in total. The van der Waals surface area contributed by atoms with E-state index < -0.39 is 10.0 Å². The minimum atomic E-state index is -3.29. The van der Waals surface area contributed by atoms with Crippen LogP contribution in [0.25, 0.3) is 0 Å². The quantitative estimate of drug-likeness (QED) is 0.741. The third-order valence-electron chi connectivity index (χ3n) is 1.46. The predicted molar refractivity (Wildman–Crippen MR) is 54.3 cm³/mol. The van der Waals surface area contributed by atoms with Gasteiger partial charge in [0.2, 0.25) is 10.0 Å². The lowest BCUT2D eigenvalue weighted by Gasteiger charge is -2.17. The van der Waals surface area contributed by atoms with E-state index in [2.05, 4.69) is 25.3 Å². The summed E-state index contributed by atoms with van der Waals surface area (Å²) in [7, 11) is -3.29. The molecule has 1 aromatic rings. The largest absolute Gasteiger partial charge is 0.212 e. The van der Waals surface area contributed by atoms with Crippen LogP contribution in [0, 0.1) is 5.41 Å². The average molecular weight is 233 g/mol. The van der Waals surface area contributed by atoms with E-state index in [0.29, 0.717) is 5.82 Å². The van der Waals surface area contributed by atoms with Gasteiger partial charge in [0.15, 0.2) is 5.82 Å². The number of sulfonamides is 1. The third kappa shape index (κ3) is 4.84. The highest BCUT2D eigenvalue weighted by Crippen LogP contribution is 2.15. The van der Waals surface area contributed by atoms with Crippen molar-refractivity contribution in [1.29, 1.82) is 0 Å². The van der Waals surface area contributed by atoms with Crippen LogP contribution in [-0.2, 0) is 16.6 Å². The molecule has 0 atom stereocenters. The Labute approximate surface area is 88.7 Å². The van der Waals surface area contributed by atoms with E-state index in [4.69, 9.17) is 0 Å². The molecule has 0 unspecified atom stereocenters. The van der Waals surface area contributed by atoms with Crippen LogP contribution in [-0.4, -0.2) is 34.8 Å². The molecular formula is C7H15N5O2S. The van der Waals surface area contributed by atoms with Crippen molar-refractivity contribution in [1.82, 2.24) is 25.3 Å².